The van der Waals surface area contributed by atoms with Crippen LogP contribution in [0, 0.1) is 11.8 Å². The third-order valence-electron chi connectivity index (χ3n) is 7.07. The number of nitrogens with zero attached hydrogens (tertiary/aromatic N) is 1. The third-order valence-corrected chi connectivity index (χ3v) is 7.07. The Kier molecular flexibility index (Phi) is 16.4. The average molecular weight is 633 g/mol. The minimum atomic E-state index is -0.497. The molecule has 0 aromatic heterocycles. The Balaban J connectivity index is 0.000000315. The highest BCUT2D eigenvalue weighted by molar-refractivity contribution is 5.85. The number of hydrogen-bond acceptors (Lipinski definition) is 7. The number of benzene rings is 2. The minimum absolute atomic E-state index is 0. The van der Waals surface area contributed by atoms with Crippen molar-refractivity contribution in [2.45, 2.75) is 65.3 Å². The highest BCUT2D eigenvalue weighted by Gasteiger charge is 2.27. The molecule has 0 spiro atoms. The predicted octanol–water partition coefficient (Wildman–Crippen LogP) is 5.89. The monoisotopic (exact) mass is 632 g/mol. The number of hydrogen-bond donors (Lipinski definition) is 3. The summed E-state index contributed by atoms with van der Waals surface area (Å²) in [6.07, 6.45) is 3.19. The zero-order chi connectivity index (χ0) is 30.9. The molecular formula is C33H49ClN4O6. The van der Waals surface area contributed by atoms with Crippen LogP contribution in [0.2, 0.25) is 0 Å². The zero-order valence-electron chi connectivity index (χ0n) is 26.2. The average Bonchev–Trinajstić information content (AvgIpc) is 3.02. The summed E-state index contributed by atoms with van der Waals surface area (Å²) in [5.41, 5.74) is 1.46. The van der Waals surface area contributed by atoms with Gasteiger partial charge in [0.25, 0.3) is 0 Å². The van der Waals surface area contributed by atoms with Gasteiger partial charge in [-0.1, -0.05) is 60.7 Å². The van der Waals surface area contributed by atoms with Crippen molar-refractivity contribution in [3.05, 3.63) is 71.8 Å². The van der Waals surface area contributed by atoms with E-state index in [4.69, 9.17) is 14.2 Å². The number of piperidine rings is 2. The highest BCUT2D eigenvalue weighted by Crippen LogP contribution is 2.19. The molecule has 244 valence electrons. The van der Waals surface area contributed by atoms with Gasteiger partial charge >= 0.3 is 18.3 Å². The molecule has 44 heavy (non-hydrogen) atoms. The lowest BCUT2D eigenvalue weighted by Gasteiger charge is -2.34. The molecule has 2 aromatic carbocycles. The molecular weight excluding hydrogens is 584 g/mol. The fourth-order valence-corrected chi connectivity index (χ4v) is 4.83. The van der Waals surface area contributed by atoms with Crippen LogP contribution in [-0.4, -0.2) is 68.0 Å². The van der Waals surface area contributed by atoms with Crippen molar-refractivity contribution in [1.82, 2.24) is 20.9 Å². The minimum Gasteiger partial charge on any atom is -0.445 e. The first-order valence-corrected chi connectivity index (χ1v) is 15.3. The molecule has 3 amide bonds. The number of halogens is 1. The summed E-state index contributed by atoms with van der Waals surface area (Å²) < 4.78 is 15.8. The Morgan fingerprint density at radius 3 is 1.84 bits per heavy atom. The van der Waals surface area contributed by atoms with Crippen LogP contribution in [0.4, 0.5) is 14.4 Å². The number of carbonyl (C=O) groups is 3. The lowest BCUT2D eigenvalue weighted by atomic mass is 9.98. The molecule has 4 rings (SSSR count). The van der Waals surface area contributed by atoms with Crippen LogP contribution < -0.4 is 16.0 Å². The molecule has 2 aliphatic rings. The van der Waals surface area contributed by atoms with Crippen LogP contribution in [0.1, 0.15) is 57.6 Å². The number of likely N-dealkylation sites (tertiary alicyclic amines) is 1. The molecule has 0 aliphatic carbocycles. The molecule has 11 heteroatoms. The van der Waals surface area contributed by atoms with Gasteiger partial charge < -0.3 is 35.1 Å². The second kappa shape index (κ2) is 19.7. The summed E-state index contributed by atoms with van der Waals surface area (Å²) in [5, 5.41) is 8.94. The van der Waals surface area contributed by atoms with Gasteiger partial charge in [-0.05, 0) is 82.5 Å². The molecule has 0 bridgehead atoms. The summed E-state index contributed by atoms with van der Waals surface area (Å²) in [4.78, 5) is 37.2. The Morgan fingerprint density at radius 2 is 1.34 bits per heavy atom. The second-order valence-electron chi connectivity index (χ2n) is 12.0. The first kappa shape index (κ1) is 36.7. The van der Waals surface area contributed by atoms with E-state index < -0.39 is 11.7 Å². The first-order chi connectivity index (χ1) is 20.7. The number of ether oxygens (including phenoxy) is 3. The first-order valence-electron chi connectivity index (χ1n) is 15.3. The van der Waals surface area contributed by atoms with E-state index in [2.05, 4.69) is 16.0 Å². The van der Waals surface area contributed by atoms with Crippen molar-refractivity contribution >= 4 is 30.7 Å². The van der Waals surface area contributed by atoms with E-state index in [0.717, 1.165) is 37.1 Å². The van der Waals surface area contributed by atoms with Gasteiger partial charge in [-0.3, -0.25) is 0 Å². The van der Waals surface area contributed by atoms with Crippen molar-refractivity contribution in [3.8, 4) is 0 Å². The maximum Gasteiger partial charge on any atom is 0.410 e. The van der Waals surface area contributed by atoms with Crippen LogP contribution in [0.25, 0.3) is 0 Å². The largest absolute Gasteiger partial charge is 0.445 e. The van der Waals surface area contributed by atoms with Gasteiger partial charge in [0, 0.05) is 26.2 Å². The maximum atomic E-state index is 12.1. The number of rotatable bonds is 8. The predicted molar refractivity (Wildman–Crippen MR) is 173 cm³/mol. The van der Waals surface area contributed by atoms with Gasteiger partial charge in [0.1, 0.15) is 18.8 Å². The number of nitrogens with one attached hydrogen (secondary N) is 3. The van der Waals surface area contributed by atoms with Crippen molar-refractivity contribution in [2.75, 3.05) is 39.3 Å². The molecule has 2 atom stereocenters. The summed E-state index contributed by atoms with van der Waals surface area (Å²) >= 11 is 0. The van der Waals surface area contributed by atoms with Crippen LogP contribution in [0.5, 0.6) is 0 Å². The van der Waals surface area contributed by atoms with Gasteiger partial charge in [-0.15, -0.1) is 12.4 Å². The quantitative estimate of drug-likeness (QED) is 0.310. The number of carbonyl (C=O) groups excluding carboxylic acids is 3. The van der Waals surface area contributed by atoms with E-state index >= 15 is 0 Å². The summed E-state index contributed by atoms with van der Waals surface area (Å²) in [6, 6.07) is 19.3. The van der Waals surface area contributed by atoms with Crippen LogP contribution in [0.3, 0.4) is 0 Å². The van der Waals surface area contributed by atoms with Gasteiger partial charge in [0.05, 0.1) is 0 Å². The normalized spacial score (nSPS) is 17.9. The molecule has 0 saturated carbocycles. The number of amides is 3. The van der Waals surface area contributed by atoms with E-state index in [-0.39, 0.29) is 37.1 Å². The van der Waals surface area contributed by atoms with E-state index in [1.54, 1.807) is 4.90 Å². The van der Waals surface area contributed by atoms with Crippen molar-refractivity contribution in [1.29, 1.82) is 0 Å². The fraction of sp³-hybridized carbons (Fsp3) is 0.545. The van der Waals surface area contributed by atoms with Crippen LogP contribution >= 0.6 is 12.4 Å². The van der Waals surface area contributed by atoms with Crippen molar-refractivity contribution < 1.29 is 28.6 Å². The number of alkyl carbamates (subject to hydrolysis) is 2. The molecule has 2 heterocycles. The summed E-state index contributed by atoms with van der Waals surface area (Å²) in [7, 11) is 0. The topological polar surface area (TPSA) is 118 Å². The molecule has 2 aromatic rings. The molecule has 2 saturated heterocycles. The maximum absolute atomic E-state index is 12.1. The summed E-state index contributed by atoms with van der Waals surface area (Å²) in [5.74, 6) is 0.744. The van der Waals surface area contributed by atoms with Gasteiger partial charge in [-0.25, -0.2) is 14.4 Å². The van der Waals surface area contributed by atoms with Crippen molar-refractivity contribution in [3.63, 3.8) is 0 Å². The Morgan fingerprint density at radius 1 is 0.818 bits per heavy atom. The molecule has 2 aliphatic heterocycles. The van der Waals surface area contributed by atoms with E-state index in [1.165, 1.54) is 12.8 Å². The Hall–Kier alpha value is -3.50. The van der Waals surface area contributed by atoms with Crippen molar-refractivity contribution in [2.24, 2.45) is 11.8 Å². The highest BCUT2D eigenvalue weighted by atomic mass is 35.5. The molecule has 2 unspecified atom stereocenters. The lowest BCUT2D eigenvalue weighted by Crippen LogP contribution is -2.45. The van der Waals surface area contributed by atoms with Crippen LogP contribution in [0.15, 0.2) is 60.7 Å². The van der Waals surface area contributed by atoms with E-state index in [1.807, 2.05) is 81.4 Å². The molecule has 3 N–H and O–H groups in total. The summed E-state index contributed by atoms with van der Waals surface area (Å²) in [6.45, 7) is 10.7. The third kappa shape index (κ3) is 15.3. The van der Waals surface area contributed by atoms with Crippen LogP contribution in [-0.2, 0) is 27.4 Å². The van der Waals surface area contributed by atoms with E-state index in [9.17, 15) is 14.4 Å². The van der Waals surface area contributed by atoms with Gasteiger partial charge in [0.2, 0.25) is 0 Å². The van der Waals surface area contributed by atoms with Gasteiger partial charge in [0.15, 0.2) is 0 Å². The smallest absolute Gasteiger partial charge is 0.410 e. The fourth-order valence-electron chi connectivity index (χ4n) is 4.83. The molecule has 0 radical (unpaired) electrons. The molecule has 10 nitrogen and oxygen atoms in total. The van der Waals surface area contributed by atoms with Gasteiger partial charge in [-0.2, -0.15) is 0 Å². The second-order valence-corrected chi connectivity index (χ2v) is 12.0. The zero-order valence-corrected chi connectivity index (χ0v) is 27.0. The Bertz CT molecular complexity index is 1110. The van der Waals surface area contributed by atoms with E-state index in [0.29, 0.717) is 38.7 Å². The Labute approximate surface area is 268 Å². The lowest BCUT2D eigenvalue weighted by molar-refractivity contribution is 0.0166. The standard InChI is InChI=1S/C19H28N2O4.C14H20N2O2.ClH/c1-19(2,3)25-18(23)21-11-7-10-16(13-21)12-20-17(22)24-14-15-8-5-4-6-9-15;17-14(16-10-13-7-4-8-15-9-13)18-11-12-5-2-1-3-6-12;/h4-6,8-9,16H,7,10-14H2,1-3H3,(H,20,22);1-3,5-6,13,15H,4,7-11H2,(H,16,17);1H. The molecule has 2 fully saturated rings. The SMILES string of the molecule is CC(C)(C)OC(=O)N1CCCC(CNC(=O)OCc2ccccc2)C1.Cl.O=C(NCC1CCCNC1)OCc1ccccc1.